The summed E-state index contributed by atoms with van der Waals surface area (Å²) < 4.78 is 33.1. The van der Waals surface area contributed by atoms with E-state index >= 15 is 0 Å². The number of carbonyl (C=O) groups is 2. The number of nitrogens with one attached hydrogen (secondary N) is 1. The van der Waals surface area contributed by atoms with Crippen LogP contribution in [0.25, 0.3) is 0 Å². The van der Waals surface area contributed by atoms with E-state index in [1.807, 2.05) is 6.92 Å². The van der Waals surface area contributed by atoms with Crippen molar-refractivity contribution in [2.75, 3.05) is 22.8 Å². The molecule has 1 N–H and O–H groups in total. The summed E-state index contributed by atoms with van der Waals surface area (Å²) >= 11 is 5.91. The number of nitrogens with zero attached hydrogens (tertiary/aromatic N) is 1. The summed E-state index contributed by atoms with van der Waals surface area (Å²) in [4.78, 5) is 25.1. The average Bonchev–Trinajstić information content (AvgIpc) is 2.88. The van der Waals surface area contributed by atoms with Gasteiger partial charge in [0.15, 0.2) is 0 Å². The normalized spacial score (nSPS) is 13.1. The van der Waals surface area contributed by atoms with Crippen LogP contribution in [0.4, 0.5) is 11.4 Å². The lowest BCUT2D eigenvalue weighted by Crippen LogP contribution is -2.35. The van der Waals surface area contributed by atoms with Gasteiger partial charge in [-0.15, -0.1) is 0 Å². The zero-order chi connectivity index (χ0) is 25.7. The molecule has 9 heteroatoms. The number of fused-ring (bicyclic) bond motifs is 1. The Kier molecular flexibility index (Phi) is 7.96. The lowest BCUT2D eigenvalue weighted by atomic mass is 10.0. The number of hydrogen-bond acceptors (Lipinski definition) is 5. The molecule has 7 nitrogen and oxygen atoms in total. The van der Waals surface area contributed by atoms with Crippen molar-refractivity contribution in [3.8, 4) is 0 Å². The Balaban J connectivity index is 1.48. The Morgan fingerprint density at radius 2 is 1.69 bits per heavy atom. The van der Waals surface area contributed by atoms with Gasteiger partial charge in [0.25, 0.3) is 15.9 Å². The van der Waals surface area contributed by atoms with Crippen molar-refractivity contribution in [2.45, 2.75) is 37.5 Å². The van der Waals surface area contributed by atoms with E-state index in [1.54, 1.807) is 54.6 Å². The predicted octanol–water partition coefficient (Wildman–Crippen LogP) is 5.69. The third-order valence-corrected chi connectivity index (χ3v) is 8.01. The van der Waals surface area contributed by atoms with Gasteiger partial charge < -0.3 is 10.1 Å². The Morgan fingerprint density at radius 3 is 2.39 bits per heavy atom. The van der Waals surface area contributed by atoms with Crippen molar-refractivity contribution in [3.63, 3.8) is 0 Å². The molecule has 0 fully saturated rings. The quantitative estimate of drug-likeness (QED) is 0.300. The van der Waals surface area contributed by atoms with Gasteiger partial charge in [0.1, 0.15) is 0 Å². The fourth-order valence-electron chi connectivity index (χ4n) is 3.97. The van der Waals surface area contributed by atoms with Gasteiger partial charge in [-0.1, -0.05) is 24.9 Å². The molecule has 0 atom stereocenters. The second kappa shape index (κ2) is 11.1. The van der Waals surface area contributed by atoms with E-state index in [4.69, 9.17) is 16.3 Å². The minimum Gasteiger partial charge on any atom is -0.462 e. The van der Waals surface area contributed by atoms with Crippen molar-refractivity contribution in [3.05, 3.63) is 88.4 Å². The van der Waals surface area contributed by atoms with Crippen LogP contribution in [-0.4, -0.2) is 33.4 Å². The molecule has 0 unspecified atom stereocenters. The maximum Gasteiger partial charge on any atom is 0.338 e. The van der Waals surface area contributed by atoms with Crippen LogP contribution in [0.1, 0.15) is 52.5 Å². The van der Waals surface area contributed by atoms with Crippen LogP contribution in [0.5, 0.6) is 0 Å². The van der Waals surface area contributed by atoms with Crippen LogP contribution >= 0.6 is 11.6 Å². The first-order valence-corrected chi connectivity index (χ1v) is 13.6. The number of anilines is 2. The smallest absolute Gasteiger partial charge is 0.338 e. The standard InChI is InChI=1S/C27H27ClN2O5S/c1-2-3-17-35-27(32)19-6-11-23(12-7-19)29-26(31)21-8-15-25-20(18-21)5-4-16-30(25)36(33,34)24-13-9-22(28)10-14-24/h6-15,18H,2-5,16-17H2,1H3,(H,29,31). The van der Waals surface area contributed by atoms with Crippen LogP contribution < -0.4 is 9.62 Å². The van der Waals surface area contributed by atoms with E-state index < -0.39 is 16.0 Å². The maximum atomic E-state index is 13.2. The molecular formula is C27H27ClN2O5S. The number of unbranched alkanes of at least 4 members (excludes halogenated alkanes) is 1. The van der Waals surface area contributed by atoms with Crippen molar-refractivity contribution >= 4 is 44.9 Å². The van der Waals surface area contributed by atoms with Gasteiger partial charge in [0.2, 0.25) is 0 Å². The predicted molar refractivity (Wildman–Crippen MR) is 140 cm³/mol. The number of halogens is 1. The molecule has 0 radical (unpaired) electrons. The van der Waals surface area contributed by atoms with Gasteiger partial charge in [-0.05, 0) is 91.6 Å². The largest absolute Gasteiger partial charge is 0.462 e. The first-order chi connectivity index (χ1) is 17.3. The second-order valence-corrected chi connectivity index (χ2v) is 10.8. The number of esters is 1. The number of aryl methyl sites for hydroxylation is 1. The van der Waals surface area contributed by atoms with Crippen LogP contribution in [0.2, 0.25) is 5.02 Å². The third kappa shape index (κ3) is 5.71. The highest BCUT2D eigenvalue weighted by Gasteiger charge is 2.29. The molecule has 3 aromatic carbocycles. The molecule has 188 valence electrons. The molecule has 1 heterocycles. The highest BCUT2D eigenvalue weighted by molar-refractivity contribution is 7.92. The molecule has 0 spiro atoms. The molecule has 3 aromatic rings. The van der Waals surface area contributed by atoms with Crippen molar-refractivity contribution in [1.29, 1.82) is 0 Å². The molecule has 0 aliphatic carbocycles. The average molecular weight is 527 g/mol. The first-order valence-electron chi connectivity index (χ1n) is 11.8. The van der Waals surface area contributed by atoms with E-state index in [0.29, 0.717) is 53.5 Å². The molecule has 0 saturated heterocycles. The van der Waals surface area contributed by atoms with Gasteiger partial charge in [0.05, 0.1) is 22.8 Å². The van der Waals surface area contributed by atoms with E-state index in [1.165, 1.54) is 16.4 Å². The molecule has 4 rings (SSSR count). The monoisotopic (exact) mass is 526 g/mol. The Bertz CT molecular complexity index is 1360. The van der Waals surface area contributed by atoms with Crippen LogP contribution in [0.3, 0.4) is 0 Å². The summed E-state index contributed by atoms with van der Waals surface area (Å²) in [5.41, 5.74) is 2.73. The minimum absolute atomic E-state index is 0.166. The van der Waals surface area contributed by atoms with Crippen molar-refractivity contribution in [1.82, 2.24) is 0 Å². The van der Waals surface area contributed by atoms with Crippen LogP contribution in [-0.2, 0) is 21.2 Å². The summed E-state index contributed by atoms with van der Waals surface area (Å²) in [6.45, 7) is 2.76. The number of hydrogen-bond donors (Lipinski definition) is 1. The second-order valence-electron chi connectivity index (χ2n) is 8.50. The molecule has 1 amide bonds. The van der Waals surface area contributed by atoms with Gasteiger partial charge in [-0.3, -0.25) is 9.10 Å². The number of ether oxygens (including phenoxy) is 1. The lowest BCUT2D eigenvalue weighted by Gasteiger charge is -2.30. The number of benzene rings is 3. The molecule has 0 saturated carbocycles. The Labute approximate surface area is 216 Å². The van der Waals surface area contributed by atoms with Gasteiger partial charge in [0, 0.05) is 22.8 Å². The topological polar surface area (TPSA) is 92.8 Å². The molecular weight excluding hydrogens is 500 g/mol. The summed E-state index contributed by atoms with van der Waals surface area (Å²) in [6.07, 6.45) is 3.06. The van der Waals surface area contributed by atoms with Gasteiger partial charge in [-0.25, -0.2) is 13.2 Å². The highest BCUT2D eigenvalue weighted by atomic mass is 35.5. The molecule has 36 heavy (non-hydrogen) atoms. The summed E-state index contributed by atoms with van der Waals surface area (Å²) in [5.74, 6) is -0.720. The Hall–Kier alpha value is -3.36. The summed E-state index contributed by atoms with van der Waals surface area (Å²) in [7, 11) is -3.76. The zero-order valence-corrected chi connectivity index (χ0v) is 21.4. The number of carbonyl (C=O) groups excluding carboxylic acids is 2. The summed E-state index contributed by atoms with van der Waals surface area (Å²) in [6, 6.07) is 17.6. The lowest BCUT2D eigenvalue weighted by molar-refractivity contribution is 0.0499. The third-order valence-electron chi connectivity index (χ3n) is 5.93. The van der Waals surface area contributed by atoms with Crippen LogP contribution in [0, 0.1) is 0 Å². The number of sulfonamides is 1. The van der Waals surface area contributed by atoms with E-state index in [-0.39, 0.29) is 10.8 Å². The Morgan fingerprint density at radius 1 is 1.00 bits per heavy atom. The minimum atomic E-state index is -3.76. The van der Waals surface area contributed by atoms with Crippen molar-refractivity contribution < 1.29 is 22.7 Å². The molecule has 1 aliphatic heterocycles. The fraction of sp³-hybridized carbons (Fsp3) is 0.259. The SMILES string of the molecule is CCCCOC(=O)c1ccc(NC(=O)c2ccc3c(c2)CCCN3S(=O)(=O)c2ccc(Cl)cc2)cc1. The summed E-state index contributed by atoms with van der Waals surface area (Å²) in [5, 5.41) is 3.28. The van der Waals surface area contributed by atoms with Crippen molar-refractivity contribution in [2.24, 2.45) is 0 Å². The van der Waals surface area contributed by atoms with E-state index in [9.17, 15) is 18.0 Å². The zero-order valence-electron chi connectivity index (χ0n) is 19.9. The van der Waals surface area contributed by atoms with Gasteiger partial charge >= 0.3 is 5.97 Å². The van der Waals surface area contributed by atoms with E-state index in [0.717, 1.165) is 18.4 Å². The van der Waals surface area contributed by atoms with E-state index in [2.05, 4.69) is 5.32 Å². The molecule has 0 bridgehead atoms. The number of rotatable bonds is 8. The number of amides is 1. The molecule has 1 aliphatic rings. The maximum absolute atomic E-state index is 13.2. The van der Waals surface area contributed by atoms with Crippen LogP contribution in [0.15, 0.2) is 71.6 Å². The highest BCUT2D eigenvalue weighted by Crippen LogP contribution is 2.33. The molecule has 0 aromatic heterocycles. The fourth-order valence-corrected chi connectivity index (χ4v) is 5.64. The van der Waals surface area contributed by atoms with Gasteiger partial charge in [-0.2, -0.15) is 0 Å². The first kappa shape index (κ1) is 25.7.